The van der Waals surface area contributed by atoms with Gasteiger partial charge in [-0.05, 0) is 31.7 Å². The summed E-state index contributed by atoms with van der Waals surface area (Å²) in [5.41, 5.74) is 6.64. The molecule has 16 heavy (non-hydrogen) atoms. The van der Waals surface area contributed by atoms with E-state index in [4.69, 9.17) is 5.73 Å². The molecule has 1 unspecified atom stereocenters. The van der Waals surface area contributed by atoms with Crippen molar-refractivity contribution in [2.75, 3.05) is 5.73 Å². The lowest BCUT2D eigenvalue weighted by molar-refractivity contribution is 0.0933. The number of carbonyl (C=O) groups is 1. The van der Waals surface area contributed by atoms with Gasteiger partial charge in [0.2, 0.25) is 0 Å². The normalized spacial score (nSPS) is 12.8. The highest BCUT2D eigenvalue weighted by Gasteiger charge is 2.11. The second-order valence-electron chi connectivity index (χ2n) is 4.69. The van der Waals surface area contributed by atoms with E-state index in [1.807, 2.05) is 6.92 Å². The Morgan fingerprint density at radius 3 is 2.62 bits per heavy atom. The predicted molar refractivity (Wildman–Crippen MR) is 66.2 cm³/mol. The van der Waals surface area contributed by atoms with Crippen molar-refractivity contribution in [3.05, 3.63) is 18.0 Å². The summed E-state index contributed by atoms with van der Waals surface area (Å²) in [7, 11) is 0. The molecule has 1 heterocycles. The molecule has 1 aromatic rings. The lowest BCUT2D eigenvalue weighted by Gasteiger charge is -2.14. The third-order valence-corrected chi connectivity index (χ3v) is 2.50. The highest BCUT2D eigenvalue weighted by atomic mass is 16.1. The topological polar surface area (TPSA) is 70.9 Å². The van der Waals surface area contributed by atoms with E-state index in [0.717, 1.165) is 12.8 Å². The Labute approximate surface area is 96.6 Å². The van der Waals surface area contributed by atoms with Crippen LogP contribution in [-0.4, -0.2) is 16.9 Å². The van der Waals surface area contributed by atoms with E-state index in [1.165, 1.54) is 0 Å². The van der Waals surface area contributed by atoms with E-state index >= 15 is 0 Å². The average molecular weight is 223 g/mol. The number of hydrogen-bond donors (Lipinski definition) is 3. The molecule has 0 aliphatic heterocycles. The van der Waals surface area contributed by atoms with Crippen molar-refractivity contribution in [3.63, 3.8) is 0 Å². The van der Waals surface area contributed by atoms with E-state index < -0.39 is 0 Å². The summed E-state index contributed by atoms with van der Waals surface area (Å²) in [6.07, 6.45) is 3.74. The first-order chi connectivity index (χ1) is 7.49. The SMILES string of the molecule is CC(C)CCC(C)NC(=O)c1cc(N)c[nH]1. The van der Waals surface area contributed by atoms with Crippen molar-refractivity contribution in [3.8, 4) is 0 Å². The number of H-pyrrole nitrogens is 1. The fourth-order valence-corrected chi connectivity index (χ4v) is 1.50. The molecule has 0 aliphatic rings. The predicted octanol–water partition coefficient (Wildman–Crippen LogP) is 2.15. The molecule has 1 aromatic heterocycles. The van der Waals surface area contributed by atoms with Crippen LogP contribution >= 0.6 is 0 Å². The van der Waals surface area contributed by atoms with Crippen LogP contribution in [0.25, 0.3) is 0 Å². The maximum absolute atomic E-state index is 11.7. The van der Waals surface area contributed by atoms with Gasteiger partial charge in [0.1, 0.15) is 5.69 Å². The van der Waals surface area contributed by atoms with Crippen molar-refractivity contribution in [1.29, 1.82) is 0 Å². The zero-order valence-electron chi connectivity index (χ0n) is 10.2. The first-order valence-corrected chi connectivity index (χ1v) is 5.73. The van der Waals surface area contributed by atoms with Crippen LogP contribution in [0.3, 0.4) is 0 Å². The van der Waals surface area contributed by atoms with Gasteiger partial charge in [-0.3, -0.25) is 4.79 Å². The van der Waals surface area contributed by atoms with Gasteiger partial charge < -0.3 is 16.0 Å². The molecule has 1 amide bonds. The largest absolute Gasteiger partial charge is 0.397 e. The second-order valence-corrected chi connectivity index (χ2v) is 4.69. The summed E-state index contributed by atoms with van der Waals surface area (Å²) in [5.74, 6) is 0.577. The number of nitrogen functional groups attached to an aromatic ring is 1. The van der Waals surface area contributed by atoms with E-state index in [9.17, 15) is 4.79 Å². The Hall–Kier alpha value is -1.45. The zero-order valence-corrected chi connectivity index (χ0v) is 10.2. The maximum Gasteiger partial charge on any atom is 0.267 e. The average Bonchev–Trinajstić information content (AvgIpc) is 2.62. The summed E-state index contributed by atoms with van der Waals surface area (Å²) in [4.78, 5) is 14.6. The fourth-order valence-electron chi connectivity index (χ4n) is 1.50. The summed E-state index contributed by atoms with van der Waals surface area (Å²) < 4.78 is 0. The van der Waals surface area contributed by atoms with Crippen LogP contribution < -0.4 is 11.1 Å². The maximum atomic E-state index is 11.7. The first-order valence-electron chi connectivity index (χ1n) is 5.73. The molecule has 0 aromatic carbocycles. The van der Waals surface area contributed by atoms with Crippen molar-refractivity contribution < 1.29 is 4.79 Å². The van der Waals surface area contributed by atoms with Gasteiger partial charge in [-0.1, -0.05) is 13.8 Å². The quantitative estimate of drug-likeness (QED) is 0.715. The fraction of sp³-hybridized carbons (Fsp3) is 0.583. The molecule has 0 aliphatic carbocycles. The Morgan fingerprint density at radius 2 is 2.12 bits per heavy atom. The van der Waals surface area contributed by atoms with Crippen molar-refractivity contribution in [2.24, 2.45) is 5.92 Å². The summed E-state index contributed by atoms with van der Waals surface area (Å²) in [6.45, 7) is 6.38. The van der Waals surface area contributed by atoms with Crippen LogP contribution in [0.4, 0.5) is 5.69 Å². The zero-order chi connectivity index (χ0) is 12.1. The summed E-state index contributed by atoms with van der Waals surface area (Å²) in [5, 5.41) is 2.94. The number of hydrogen-bond acceptors (Lipinski definition) is 2. The third-order valence-electron chi connectivity index (χ3n) is 2.50. The molecule has 4 nitrogen and oxygen atoms in total. The van der Waals surface area contributed by atoms with Crippen LogP contribution in [-0.2, 0) is 0 Å². The smallest absolute Gasteiger partial charge is 0.267 e. The standard InChI is InChI=1S/C12H21N3O/c1-8(2)4-5-9(3)15-12(16)11-6-10(13)7-14-11/h6-9,14H,4-5,13H2,1-3H3,(H,15,16). The van der Waals surface area contributed by atoms with Gasteiger partial charge in [0.05, 0.1) is 0 Å². The number of carbonyl (C=O) groups excluding carboxylic acids is 1. The van der Waals surface area contributed by atoms with Gasteiger partial charge in [-0.25, -0.2) is 0 Å². The highest BCUT2D eigenvalue weighted by Crippen LogP contribution is 2.08. The van der Waals surface area contributed by atoms with Gasteiger partial charge >= 0.3 is 0 Å². The number of nitrogens with two attached hydrogens (primary N) is 1. The molecule has 4 heteroatoms. The second kappa shape index (κ2) is 5.58. The minimum atomic E-state index is -0.0899. The molecule has 0 fully saturated rings. The number of aromatic amines is 1. The monoisotopic (exact) mass is 223 g/mol. The molecular weight excluding hydrogens is 202 g/mol. The Balaban J connectivity index is 2.39. The number of aromatic nitrogens is 1. The molecule has 0 saturated carbocycles. The van der Waals surface area contributed by atoms with Gasteiger partial charge in [0.15, 0.2) is 0 Å². The molecule has 4 N–H and O–H groups in total. The molecule has 0 spiro atoms. The minimum Gasteiger partial charge on any atom is -0.397 e. The molecule has 1 rings (SSSR count). The van der Waals surface area contributed by atoms with Crippen LogP contribution in [0.15, 0.2) is 12.3 Å². The number of anilines is 1. The van der Waals surface area contributed by atoms with Gasteiger partial charge in [-0.2, -0.15) is 0 Å². The van der Waals surface area contributed by atoms with Gasteiger partial charge in [0, 0.05) is 17.9 Å². The molecule has 0 saturated heterocycles. The molecular formula is C12H21N3O. The van der Waals surface area contributed by atoms with Crippen LogP contribution in [0.5, 0.6) is 0 Å². The number of rotatable bonds is 5. The molecule has 0 radical (unpaired) electrons. The Bertz CT molecular complexity index is 344. The highest BCUT2D eigenvalue weighted by molar-refractivity contribution is 5.93. The van der Waals surface area contributed by atoms with Crippen LogP contribution in [0.1, 0.15) is 44.1 Å². The summed E-state index contributed by atoms with van der Waals surface area (Å²) >= 11 is 0. The van der Waals surface area contributed by atoms with Gasteiger partial charge in [0.25, 0.3) is 5.91 Å². The third kappa shape index (κ3) is 3.96. The van der Waals surface area contributed by atoms with Gasteiger partial charge in [-0.15, -0.1) is 0 Å². The Morgan fingerprint density at radius 1 is 1.44 bits per heavy atom. The number of amides is 1. The van der Waals surface area contributed by atoms with Crippen LogP contribution in [0.2, 0.25) is 0 Å². The summed E-state index contributed by atoms with van der Waals surface area (Å²) in [6, 6.07) is 1.84. The van der Waals surface area contributed by atoms with E-state index in [2.05, 4.69) is 24.1 Å². The minimum absolute atomic E-state index is 0.0899. The lowest BCUT2D eigenvalue weighted by Crippen LogP contribution is -2.32. The molecule has 0 bridgehead atoms. The van der Waals surface area contributed by atoms with E-state index in [1.54, 1.807) is 12.3 Å². The van der Waals surface area contributed by atoms with Crippen LogP contribution in [0, 0.1) is 5.92 Å². The van der Waals surface area contributed by atoms with Crippen molar-refractivity contribution >= 4 is 11.6 Å². The molecule has 1 atom stereocenters. The van der Waals surface area contributed by atoms with E-state index in [-0.39, 0.29) is 11.9 Å². The van der Waals surface area contributed by atoms with E-state index in [0.29, 0.717) is 17.3 Å². The van der Waals surface area contributed by atoms with Crippen molar-refractivity contribution in [1.82, 2.24) is 10.3 Å². The molecule has 90 valence electrons. The van der Waals surface area contributed by atoms with Crippen molar-refractivity contribution in [2.45, 2.75) is 39.7 Å². The number of nitrogens with one attached hydrogen (secondary N) is 2. The lowest BCUT2D eigenvalue weighted by atomic mass is 10.0. The first kappa shape index (κ1) is 12.6. The Kier molecular flexibility index (Phi) is 4.40.